The maximum Gasteiger partial charge on any atom is 0.337 e. The topological polar surface area (TPSA) is 58.6 Å². The number of carbonyl (C=O) groups excluding carboxylic acids is 2. The highest BCUT2D eigenvalue weighted by molar-refractivity contribution is 5.95. The standard InChI is InChI=1S/C16H18F2N2O3/c1-8(2)20-9(3)12(15(21)23-4)14(19-16(20)22)13-10(17)6-5-7-11(13)18/h5-8,14H,1-4H3,(H,19,22)/t14-/m1/s1. The summed E-state index contributed by atoms with van der Waals surface area (Å²) in [6.07, 6.45) is 0. The second-order valence-corrected chi connectivity index (χ2v) is 5.47. The van der Waals surface area contributed by atoms with Crippen LogP contribution in [0.3, 0.4) is 0 Å². The van der Waals surface area contributed by atoms with Crippen molar-refractivity contribution in [3.63, 3.8) is 0 Å². The minimum Gasteiger partial charge on any atom is -0.466 e. The van der Waals surface area contributed by atoms with Crippen molar-refractivity contribution in [1.82, 2.24) is 10.2 Å². The zero-order valence-corrected chi connectivity index (χ0v) is 13.3. The van der Waals surface area contributed by atoms with Crippen molar-refractivity contribution in [2.75, 3.05) is 7.11 Å². The lowest BCUT2D eigenvalue weighted by Gasteiger charge is -2.37. The highest BCUT2D eigenvalue weighted by atomic mass is 19.1. The molecule has 0 radical (unpaired) electrons. The lowest BCUT2D eigenvalue weighted by molar-refractivity contribution is -0.136. The molecule has 0 spiro atoms. The Morgan fingerprint density at radius 3 is 2.35 bits per heavy atom. The van der Waals surface area contributed by atoms with Gasteiger partial charge in [0, 0.05) is 11.7 Å². The average Bonchev–Trinajstić information content (AvgIpc) is 2.45. The molecule has 0 bridgehead atoms. The molecule has 7 heteroatoms. The van der Waals surface area contributed by atoms with Gasteiger partial charge in [0.1, 0.15) is 11.6 Å². The number of allylic oxidation sites excluding steroid dienone is 1. The Balaban J connectivity index is 2.68. The summed E-state index contributed by atoms with van der Waals surface area (Å²) in [6, 6.07) is 1.35. The summed E-state index contributed by atoms with van der Waals surface area (Å²) in [7, 11) is 1.17. The summed E-state index contributed by atoms with van der Waals surface area (Å²) in [4.78, 5) is 25.8. The van der Waals surface area contributed by atoms with Crippen LogP contribution in [0, 0.1) is 11.6 Å². The third kappa shape index (κ3) is 2.91. The molecule has 1 aromatic carbocycles. The zero-order valence-electron chi connectivity index (χ0n) is 13.3. The van der Waals surface area contributed by atoms with Gasteiger partial charge < -0.3 is 10.1 Å². The van der Waals surface area contributed by atoms with Gasteiger partial charge in [-0.05, 0) is 32.9 Å². The zero-order chi connectivity index (χ0) is 17.3. The minimum absolute atomic E-state index is 0.00444. The predicted octanol–water partition coefficient (Wildman–Crippen LogP) is 2.89. The van der Waals surface area contributed by atoms with Crippen LogP contribution in [-0.2, 0) is 9.53 Å². The van der Waals surface area contributed by atoms with Crippen molar-refractivity contribution in [3.05, 3.63) is 46.7 Å². The van der Waals surface area contributed by atoms with Crippen LogP contribution >= 0.6 is 0 Å². The summed E-state index contributed by atoms with van der Waals surface area (Å²) in [5.74, 6) is -2.44. The fraction of sp³-hybridized carbons (Fsp3) is 0.375. The molecule has 2 amide bonds. The second kappa shape index (κ2) is 6.36. The molecule has 1 heterocycles. The molecular formula is C16H18F2N2O3. The van der Waals surface area contributed by atoms with Crippen LogP contribution < -0.4 is 5.32 Å². The summed E-state index contributed by atoms with van der Waals surface area (Å²) in [5.41, 5.74) is -0.0722. The number of amides is 2. The molecule has 1 aliphatic heterocycles. The normalized spacial score (nSPS) is 18.3. The smallest absolute Gasteiger partial charge is 0.337 e. The maximum atomic E-state index is 14.1. The second-order valence-electron chi connectivity index (χ2n) is 5.47. The maximum absolute atomic E-state index is 14.1. The van der Waals surface area contributed by atoms with Gasteiger partial charge in [-0.2, -0.15) is 0 Å². The van der Waals surface area contributed by atoms with Crippen LogP contribution in [0.2, 0.25) is 0 Å². The van der Waals surface area contributed by atoms with Crippen LogP contribution in [0.5, 0.6) is 0 Å². The Kier molecular flexibility index (Phi) is 4.68. The number of methoxy groups -OCH3 is 1. The van der Waals surface area contributed by atoms with E-state index in [-0.39, 0.29) is 17.2 Å². The first kappa shape index (κ1) is 16.9. The number of halogens is 2. The van der Waals surface area contributed by atoms with Crippen molar-refractivity contribution in [3.8, 4) is 0 Å². The molecule has 0 fully saturated rings. The third-order valence-electron chi connectivity index (χ3n) is 3.74. The first-order chi connectivity index (χ1) is 10.8. The van der Waals surface area contributed by atoms with E-state index in [0.29, 0.717) is 5.70 Å². The third-order valence-corrected chi connectivity index (χ3v) is 3.74. The van der Waals surface area contributed by atoms with Crippen molar-refractivity contribution in [2.24, 2.45) is 0 Å². The van der Waals surface area contributed by atoms with Crippen molar-refractivity contribution >= 4 is 12.0 Å². The molecule has 1 atom stereocenters. The SMILES string of the molecule is COC(=O)C1=C(C)N(C(C)C)C(=O)N[C@H]1c1c(F)cccc1F. The molecule has 0 unspecified atom stereocenters. The summed E-state index contributed by atoms with van der Waals surface area (Å²) >= 11 is 0. The summed E-state index contributed by atoms with van der Waals surface area (Å²) < 4.78 is 32.9. The molecule has 0 aromatic heterocycles. The number of ether oxygens (including phenoxy) is 1. The number of benzene rings is 1. The first-order valence-corrected chi connectivity index (χ1v) is 7.12. The number of hydrogen-bond acceptors (Lipinski definition) is 3. The van der Waals surface area contributed by atoms with Crippen LogP contribution in [0.4, 0.5) is 13.6 Å². The van der Waals surface area contributed by atoms with E-state index in [2.05, 4.69) is 5.32 Å². The van der Waals surface area contributed by atoms with Gasteiger partial charge >= 0.3 is 12.0 Å². The van der Waals surface area contributed by atoms with Crippen LogP contribution in [-0.4, -0.2) is 30.1 Å². The lowest BCUT2D eigenvalue weighted by atomic mass is 9.93. The van der Waals surface area contributed by atoms with Gasteiger partial charge in [0.05, 0.1) is 24.3 Å². The number of nitrogens with one attached hydrogen (secondary N) is 1. The monoisotopic (exact) mass is 324 g/mol. The van der Waals surface area contributed by atoms with Gasteiger partial charge in [-0.1, -0.05) is 6.07 Å². The molecule has 5 nitrogen and oxygen atoms in total. The molecule has 1 aromatic rings. The van der Waals surface area contributed by atoms with Crippen LogP contribution in [0.1, 0.15) is 32.4 Å². The van der Waals surface area contributed by atoms with E-state index in [0.717, 1.165) is 12.1 Å². The minimum atomic E-state index is -1.24. The molecule has 0 saturated heterocycles. The van der Waals surface area contributed by atoms with Gasteiger partial charge in [0.2, 0.25) is 0 Å². The van der Waals surface area contributed by atoms with E-state index in [9.17, 15) is 18.4 Å². The molecular weight excluding hydrogens is 306 g/mol. The Morgan fingerprint density at radius 1 is 1.30 bits per heavy atom. The van der Waals surface area contributed by atoms with E-state index in [1.165, 1.54) is 18.1 Å². The molecule has 23 heavy (non-hydrogen) atoms. The van der Waals surface area contributed by atoms with E-state index < -0.39 is 29.7 Å². The number of carbonyl (C=O) groups is 2. The molecule has 1 N–H and O–H groups in total. The summed E-state index contributed by atoms with van der Waals surface area (Å²) in [5, 5.41) is 2.49. The molecule has 0 saturated carbocycles. The highest BCUT2D eigenvalue weighted by Crippen LogP contribution is 2.34. The number of hydrogen-bond donors (Lipinski definition) is 1. The van der Waals surface area contributed by atoms with Crippen LogP contribution in [0.25, 0.3) is 0 Å². The molecule has 124 valence electrons. The first-order valence-electron chi connectivity index (χ1n) is 7.12. The summed E-state index contributed by atoms with van der Waals surface area (Å²) in [6.45, 7) is 5.08. The Hall–Kier alpha value is -2.44. The van der Waals surface area contributed by atoms with Gasteiger partial charge in [0.15, 0.2) is 0 Å². The predicted molar refractivity (Wildman–Crippen MR) is 79.3 cm³/mol. The Labute approximate surface area is 132 Å². The fourth-order valence-electron chi connectivity index (χ4n) is 2.76. The highest BCUT2D eigenvalue weighted by Gasteiger charge is 2.39. The number of rotatable bonds is 3. The molecule has 2 rings (SSSR count). The quantitative estimate of drug-likeness (QED) is 0.870. The van der Waals surface area contributed by atoms with Gasteiger partial charge in [-0.3, -0.25) is 4.90 Å². The Morgan fingerprint density at radius 2 is 1.87 bits per heavy atom. The lowest BCUT2D eigenvalue weighted by Crippen LogP contribution is -2.50. The number of esters is 1. The van der Waals surface area contributed by atoms with Gasteiger partial charge in [0.25, 0.3) is 0 Å². The average molecular weight is 324 g/mol. The van der Waals surface area contributed by atoms with E-state index in [4.69, 9.17) is 4.74 Å². The van der Waals surface area contributed by atoms with Crippen molar-refractivity contribution < 1.29 is 23.1 Å². The van der Waals surface area contributed by atoms with Gasteiger partial charge in [-0.25, -0.2) is 18.4 Å². The van der Waals surface area contributed by atoms with E-state index in [1.54, 1.807) is 20.8 Å². The van der Waals surface area contributed by atoms with Crippen LogP contribution in [0.15, 0.2) is 29.5 Å². The van der Waals surface area contributed by atoms with E-state index in [1.807, 2.05) is 0 Å². The molecule has 0 aliphatic carbocycles. The van der Waals surface area contributed by atoms with Crippen molar-refractivity contribution in [1.29, 1.82) is 0 Å². The molecule has 1 aliphatic rings. The van der Waals surface area contributed by atoms with Crippen molar-refractivity contribution in [2.45, 2.75) is 32.9 Å². The number of nitrogens with zero attached hydrogens (tertiary/aromatic N) is 1. The van der Waals surface area contributed by atoms with E-state index >= 15 is 0 Å². The van der Waals surface area contributed by atoms with Gasteiger partial charge in [-0.15, -0.1) is 0 Å². The largest absolute Gasteiger partial charge is 0.466 e. The fourth-order valence-corrected chi connectivity index (χ4v) is 2.76. The Bertz CT molecular complexity index is 666. The number of urea groups is 1.